The second kappa shape index (κ2) is 10.3. The molecule has 0 bridgehead atoms. The summed E-state index contributed by atoms with van der Waals surface area (Å²) < 4.78 is 37.3. The van der Waals surface area contributed by atoms with Crippen LogP contribution in [-0.2, 0) is 21.4 Å². The van der Waals surface area contributed by atoms with Crippen LogP contribution in [0.4, 0.5) is 0 Å². The summed E-state index contributed by atoms with van der Waals surface area (Å²) in [5, 5.41) is 2.90. The molecule has 0 unspecified atom stereocenters. The van der Waals surface area contributed by atoms with Crippen molar-refractivity contribution in [2.24, 2.45) is 4.99 Å². The van der Waals surface area contributed by atoms with Crippen LogP contribution in [-0.4, -0.2) is 40.9 Å². The fourth-order valence-electron chi connectivity index (χ4n) is 3.39. The molecule has 0 radical (unpaired) electrons. The molecule has 2 aromatic carbocycles. The molecule has 2 N–H and O–H groups in total. The van der Waals surface area contributed by atoms with Crippen molar-refractivity contribution in [3.05, 3.63) is 53.6 Å². The third-order valence-electron chi connectivity index (χ3n) is 4.96. The van der Waals surface area contributed by atoms with E-state index in [1.807, 2.05) is 18.2 Å². The van der Waals surface area contributed by atoms with E-state index < -0.39 is 10.0 Å². The van der Waals surface area contributed by atoms with Crippen molar-refractivity contribution in [3.8, 4) is 11.5 Å². The van der Waals surface area contributed by atoms with Crippen molar-refractivity contribution >= 4 is 21.8 Å². The zero-order chi connectivity index (χ0) is 22.3. The number of sulfonamides is 1. The summed E-state index contributed by atoms with van der Waals surface area (Å²) in [6.45, 7) is 0.862. The zero-order valence-electron chi connectivity index (χ0n) is 17.7. The first kappa shape index (κ1) is 22.6. The number of nitrogens with one attached hydrogen (secondary N) is 2. The van der Waals surface area contributed by atoms with Gasteiger partial charge in [-0.25, -0.2) is 8.42 Å². The van der Waals surface area contributed by atoms with E-state index in [4.69, 9.17) is 9.47 Å². The minimum Gasteiger partial charge on any atom is -0.493 e. The number of carbonyl (C=O) groups excluding carboxylic acids is 1. The number of aliphatic imine (C=N–C) groups is 1. The van der Waals surface area contributed by atoms with Crippen LogP contribution >= 0.6 is 0 Å². The molecular weight excluding hydrogens is 418 g/mol. The normalized spacial score (nSPS) is 15.2. The Balaban J connectivity index is 1.39. The van der Waals surface area contributed by atoms with Crippen molar-refractivity contribution in [2.75, 3.05) is 20.8 Å². The number of amides is 1. The first-order valence-corrected chi connectivity index (χ1v) is 11.6. The Bertz CT molecular complexity index is 1070. The van der Waals surface area contributed by atoms with Gasteiger partial charge in [-0.1, -0.05) is 30.7 Å². The number of rotatable bonds is 10. The number of hydrogen-bond donors (Lipinski definition) is 2. The van der Waals surface area contributed by atoms with Crippen LogP contribution in [0.2, 0.25) is 0 Å². The minimum atomic E-state index is -3.50. The Labute approximate surface area is 182 Å². The molecule has 0 saturated heterocycles. The van der Waals surface area contributed by atoms with Gasteiger partial charge in [0.15, 0.2) is 11.5 Å². The molecule has 1 heterocycles. The van der Waals surface area contributed by atoms with E-state index in [-0.39, 0.29) is 10.8 Å². The number of unbranched alkanes of at least 4 members (excludes halogenated alkanes) is 2. The Morgan fingerprint density at radius 1 is 1.03 bits per heavy atom. The largest absolute Gasteiger partial charge is 0.493 e. The summed E-state index contributed by atoms with van der Waals surface area (Å²) in [5.41, 5.74) is 1.46. The molecule has 3 rings (SSSR count). The van der Waals surface area contributed by atoms with Gasteiger partial charge in [0.05, 0.1) is 19.1 Å². The fourth-order valence-corrected chi connectivity index (χ4v) is 4.64. The number of methoxy groups -OCH3 is 2. The predicted octanol–water partition coefficient (Wildman–Crippen LogP) is 2.62. The van der Waals surface area contributed by atoms with Gasteiger partial charge in [-0.2, -0.15) is 0 Å². The Morgan fingerprint density at radius 3 is 2.61 bits per heavy atom. The van der Waals surface area contributed by atoms with E-state index in [2.05, 4.69) is 15.0 Å². The highest BCUT2D eigenvalue weighted by Crippen LogP contribution is 2.30. The molecule has 1 aliphatic heterocycles. The van der Waals surface area contributed by atoms with Gasteiger partial charge in [0.2, 0.25) is 5.91 Å². The van der Waals surface area contributed by atoms with Crippen molar-refractivity contribution in [2.45, 2.75) is 37.1 Å². The van der Waals surface area contributed by atoms with Gasteiger partial charge in [0.25, 0.3) is 10.0 Å². The average molecular weight is 446 g/mol. The summed E-state index contributed by atoms with van der Waals surface area (Å²) in [5.74, 6) is 1.60. The van der Waals surface area contributed by atoms with E-state index >= 15 is 0 Å². The number of carbonyl (C=O) groups is 1. The standard InChI is InChI=1S/C22H27N3O5S/c1-29-18-11-8-9-16(21(18)30-2)15-24-20(26)13-4-3-7-14-23-22-17-10-5-6-12-19(17)31(27,28)25-22/h5-6,8-12H,3-4,7,13-15H2,1-2H3,(H,23,25)(H,24,26). The van der Waals surface area contributed by atoms with Crippen LogP contribution in [0.25, 0.3) is 0 Å². The van der Waals surface area contributed by atoms with Gasteiger partial charge in [-0.15, -0.1) is 0 Å². The Morgan fingerprint density at radius 2 is 1.84 bits per heavy atom. The second-order valence-corrected chi connectivity index (χ2v) is 8.72. The third kappa shape index (κ3) is 5.55. The number of fused-ring (bicyclic) bond motifs is 1. The topological polar surface area (TPSA) is 106 Å². The molecule has 166 valence electrons. The monoisotopic (exact) mass is 445 g/mol. The molecule has 0 aromatic heterocycles. The number of benzene rings is 2. The maximum absolute atomic E-state index is 12.1. The lowest BCUT2D eigenvalue weighted by Gasteiger charge is -2.13. The first-order chi connectivity index (χ1) is 15.0. The maximum Gasteiger partial charge on any atom is 0.263 e. The lowest BCUT2D eigenvalue weighted by Crippen LogP contribution is -2.23. The van der Waals surface area contributed by atoms with Crippen molar-refractivity contribution in [3.63, 3.8) is 0 Å². The quantitative estimate of drug-likeness (QED) is 0.547. The summed E-state index contributed by atoms with van der Waals surface area (Å²) in [4.78, 5) is 16.8. The van der Waals surface area contributed by atoms with E-state index in [0.717, 1.165) is 24.8 Å². The molecule has 1 amide bonds. The highest BCUT2D eigenvalue weighted by Gasteiger charge is 2.29. The van der Waals surface area contributed by atoms with Gasteiger partial charge < -0.3 is 14.8 Å². The summed E-state index contributed by atoms with van der Waals surface area (Å²) in [6.07, 6.45) is 2.73. The van der Waals surface area contributed by atoms with Crippen LogP contribution in [0.15, 0.2) is 52.4 Å². The second-order valence-electron chi connectivity index (χ2n) is 7.07. The van der Waals surface area contributed by atoms with Crippen molar-refractivity contribution in [1.29, 1.82) is 0 Å². The minimum absolute atomic E-state index is 0.0336. The fraction of sp³-hybridized carbons (Fsp3) is 0.364. The number of amidine groups is 1. The molecule has 1 aliphatic rings. The zero-order valence-corrected chi connectivity index (χ0v) is 18.5. The third-order valence-corrected chi connectivity index (χ3v) is 6.35. The molecular formula is C22H27N3O5S. The maximum atomic E-state index is 12.1. The number of hydrogen-bond acceptors (Lipinski definition) is 6. The van der Waals surface area contributed by atoms with Crippen LogP contribution in [0.1, 0.15) is 36.8 Å². The number of nitrogens with zero attached hydrogens (tertiary/aromatic N) is 1. The number of ether oxygens (including phenoxy) is 2. The van der Waals surface area contributed by atoms with Gasteiger partial charge in [0.1, 0.15) is 5.84 Å². The van der Waals surface area contributed by atoms with E-state index in [9.17, 15) is 13.2 Å². The highest BCUT2D eigenvalue weighted by molar-refractivity contribution is 7.90. The highest BCUT2D eigenvalue weighted by atomic mass is 32.2. The van der Waals surface area contributed by atoms with E-state index in [0.29, 0.717) is 42.4 Å². The Hall–Kier alpha value is -3.07. The number of para-hydroxylation sites is 1. The summed E-state index contributed by atoms with van der Waals surface area (Å²) in [6, 6.07) is 12.3. The predicted molar refractivity (Wildman–Crippen MR) is 118 cm³/mol. The Kier molecular flexibility index (Phi) is 7.51. The van der Waals surface area contributed by atoms with Gasteiger partial charge in [0, 0.05) is 30.6 Å². The molecule has 0 aliphatic carbocycles. The molecule has 31 heavy (non-hydrogen) atoms. The van der Waals surface area contributed by atoms with Crippen LogP contribution in [0.3, 0.4) is 0 Å². The lowest BCUT2D eigenvalue weighted by molar-refractivity contribution is -0.121. The first-order valence-electron chi connectivity index (χ1n) is 10.1. The molecule has 0 spiro atoms. The molecule has 0 fully saturated rings. The van der Waals surface area contributed by atoms with E-state index in [1.165, 1.54) is 0 Å². The summed E-state index contributed by atoms with van der Waals surface area (Å²) >= 11 is 0. The van der Waals surface area contributed by atoms with Gasteiger partial charge in [-0.05, 0) is 31.0 Å². The van der Waals surface area contributed by atoms with Crippen LogP contribution in [0, 0.1) is 0 Å². The van der Waals surface area contributed by atoms with Gasteiger partial charge >= 0.3 is 0 Å². The van der Waals surface area contributed by atoms with Crippen LogP contribution < -0.4 is 19.5 Å². The van der Waals surface area contributed by atoms with Crippen molar-refractivity contribution in [1.82, 2.24) is 10.0 Å². The SMILES string of the molecule is COc1cccc(CNC(=O)CCCCCN=C2NS(=O)(=O)c3ccccc32)c1OC. The molecule has 8 nitrogen and oxygen atoms in total. The van der Waals surface area contributed by atoms with Crippen LogP contribution in [0.5, 0.6) is 11.5 Å². The van der Waals surface area contributed by atoms with Gasteiger partial charge in [-0.3, -0.25) is 14.5 Å². The lowest BCUT2D eigenvalue weighted by atomic mass is 10.1. The smallest absolute Gasteiger partial charge is 0.263 e. The van der Waals surface area contributed by atoms with E-state index in [1.54, 1.807) is 38.5 Å². The molecule has 0 atom stereocenters. The van der Waals surface area contributed by atoms with Crippen molar-refractivity contribution < 1.29 is 22.7 Å². The molecule has 0 saturated carbocycles. The molecule has 9 heteroatoms. The average Bonchev–Trinajstić information content (AvgIpc) is 3.04. The summed E-state index contributed by atoms with van der Waals surface area (Å²) in [7, 11) is -0.357. The molecule has 2 aromatic rings.